The lowest BCUT2D eigenvalue weighted by atomic mass is 9.94. The summed E-state index contributed by atoms with van der Waals surface area (Å²) >= 11 is 0. The average Bonchev–Trinajstić information content (AvgIpc) is 2.46. The smallest absolute Gasteiger partial charge is 0.253 e. The molecule has 0 bridgehead atoms. The van der Waals surface area contributed by atoms with Gasteiger partial charge in [0.05, 0.1) is 0 Å². The Bertz CT molecular complexity index is 419. The van der Waals surface area contributed by atoms with Crippen LogP contribution in [0, 0.1) is 0 Å². The van der Waals surface area contributed by atoms with Crippen LogP contribution < -0.4 is 4.90 Å². The van der Waals surface area contributed by atoms with E-state index in [1.54, 1.807) is 0 Å². The highest BCUT2D eigenvalue weighted by Gasteiger charge is 2.22. The van der Waals surface area contributed by atoms with Gasteiger partial charge in [-0.15, -0.1) is 0 Å². The third kappa shape index (κ3) is 3.28. The third-order valence-electron chi connectivity index (χ3n) is 4.07. The summed E-state index contributed by atoms with van der Waals surface area (Å²) in [6.45, 7) is 0. The van der Waals surface area contributed by atoms with Crippen LogP contribution in [0.2, 0.25) is 0 Å². The van der Waals surface area contributed by atoms with Crippen molar-refractivity contribution in [2.75, 3.05) is 26.0 Å². The monoisotopic (exact) mass is 260 g/mol. The topological polar surface area (TPSA) is 23.6 Å². The maximum atomic E-state index is 12.4. The van der Waals surface area contributed by atoms with Crippen molar-refractivity contribution in [2.24, 2.45) is 0 Å². The highest BCUT2D eigenvalue weighted by Crippen LogP contribution is 2.23. The zero-order valence-electron chi connectivity index (χ0n) is 12.2. The van der Waals surface area contributed by atoms with Crippen molar-refractivity contribution < 1.29 is 4.79 Å². The van der Waals surface area contributed by atoms with Crippen LogP contribution in [-0.2, 0) is 0 Å². The van der Waals surface area contributed by atoms with Gasteiger partial charge < -0.3 is 9.80 Å². The second-order valence-corrected chi connectivity index (χ2v) is 5.65. The van der Waals surface area contributed by atoms with E-state index in [2.05, 4.69) is 0 Å². The molecule has 3 nitrogen and oxygen atoms in total. The number of anilines is 1. The van der Waals surface area contributed by atoms with Gasteiger partial charge in [0.25, 0.3) is 5.91 Å². The minimum atomic E-state index is 0.150. The van der Waals surface area contributed by atoms with E-state index in [1.165, 1.54) is 19.3 Å². The molecule has 3 heteroatoms. The maximum Gasteiger partial charge on any atom is 0.253 e. The second kappa shape index (κ2) is 6.09. The van der Waals surface area contributed by atoms with Crippen molar-refractivity contribution >= 4 is 11.6 Å². The first-order chi connectivity index (χ1) is 9.09. The molecule has 0 radical (unpaired) electrons. The largest absolute Gasteiger partial charge is 0.378 e. The summed E-state index contributed by atoms with van der Waals surface area (Å²) in [4.78, 5) is 16.4. The van der Waals surface area contributed by atoms with E-state index in [9.17, 15) is 4.79 Å². The van der Waals surface area contributed by atoms with Crippen LogP contribution in [0.4, 0.5) is 5.69 Å². The molecule has 0 aliphatic heterocycles. The molecule has 1 aromatic carbocycles. The minimum absolute atomic E-state index is 0.150. The van der Waals surface area contributed by atoms with Gasteiger partial charge in [0.2, 0.25) is 0 Å². The van der Waals surface area contributed by atoms with Gasteiger partial charge in [-0.1, -0.05) is 19.3 Å². The van der Waals surface area contributed by atoms with Crippen LogP contribution in [0.1, 0.15) is 42.5 Å². The van der Waals surface area contributed by atoms with Crippen LogP contribution >= 0.6 is 0 Å². The van der Waals surface area contributed by atoms with Gasteiger partial charge in [-0.05, 0) is 37.1 Å². The first-order valence-electron chi connectivity index (χ1n) is 7.14. The van der Waals surface area contributed by atoms with E-state index in [4.69, 9.17) is 0 Å². The Balaban J connectivity index is 2.05. The summed E-state index contributed by atoms with van der Waals surface area (Å²) in [7, 11) is 5.95. The van der Waals surface area contributed by atoms with E-state index in [0.29, 0.717) is 6.04 Å². The van der Waals surface area contributed by atoms with Gasteiger partial charge in [0.1, 0.15) is 0 Å². The van der Waals surface area contributed by atoms with E-state index < -0.39 is 0 Å². The third-order valence-corrected chi connectivity index (χ3v) is 4.07. The Morgan fingerprint density at radius 3 is 2.11 bits per heavy atom. The summed E-state index contributed by atoms with van der Waals surface area (Å²) in [6, 6.07) is 8.28. The number of benzene rings is 1. The number of carbonyl (C=O) groups is 1. The lowest BCUT2D eigenvalue weighted by Gasteiger charge is -2.31. The molecule has 0 saturated heterocycles. The van der Waals surface area contributed by atoms with Crippen LogP contribution in [-0.4, -0.2) is 38.0 Å². The molecule has 0 spiro atoms. The fourth-order valence-corrected chi connectivity index (χ4v) is 2.74. The van der Waals surface area contributed by atoms with E-state index in [-0.39, 0.29) is 5.91 Å². The Morgan fingerprint density at radius 1 is 1.00 bits per heavy atom. The summed E-state index contributed by atoms with van der Waals surface area (Å²) in [6.07, 6.45) is 6.12. The first-order valence-corrected chi connectivity index (χ1v) is 7.14. The number of amides is 1. The molecule has 0 N–H and O–H groups in total. The SMILES string of the molecule is CN(C)c1ccc(C(=O)N(C)C2CCCCC2)cc1. The minimum Gasteiger partial charge on any atom is -0.378 e. The molecule has 1 aromatic rings. The Labute approximate surface area is 116 Å². The van der Waals surface area contributed by atoms with Crippen LogP contribution in [0.3, 0.4) is 0 Å². The van der Waals surface area contributed by atoms with Crippen molar-refractivity contribution in [3.05, 3.63) is 29.8 Å². The molecule has 1 saturated carbocycles. The molecule has 1 fully saturated rings. The molecule has 104 valence electrons. The van der Waals surface area contributed by atoms with Crippen molar-refractivity contribution in [1.29, 1.82) is 0 Å². The summed E-state index contributed by atoms with van der Waals surface area (Å²) in [5.74, 6) is 0.150. The molecule has 0 unspecified atom stereocenters. The number of hydrogen-bond donors (Lipinski definition) is 0. The van der Waals surface area contributed by atoms with E-state index in [1.807, 2.05) is 55.2 Å². The number of rotatable bonds is 3. The van der Waals surface area contributed by atoms with Crippen LogP contribution in [0.5, 0.6) is 0 Å². The predicted octanol–water partition coefficient (Wildman–Crippen LogP) is 3.16. The normalized spacial score (nSPS) is 16.2. The van der Waals surface area contributed by atoms with Crippen molar-refractivity contribution in [3.8, 4) is 0 Å². The number of hydrogen-bond acceptors (Lipinski definition) is 2. The molecular formula is C16H24N2O. The van der Waals surface area contributed by atoms with Crippen LogP contribution in [0.15, 0.2) is 24.3 Å². The standard InChI is InChI=1S/C16H24N2O/c1-17(2)14-11-9-13(10-12-14)16(19)18(3)15-7-5-4-6-8-15/h9-12,15H,4-8H2,1-3H3. The first kappa shape index (κ1) is 13.9. The molecular weight excluding hydrogens is 236 g/mol. The maximum absolute atomic E-state index is 12.4. The molecule has 0 atom stereocenters. The molecule has 1 aliphatic rings. The van der Waals surface area contributed by atoms with Gasteiger partial charge in [-0.3, -0.25) is 4.79 Å². The quantitative estimate of drug-likeness (QED) is 0.833. The van der Waals surface area contributed by atoms with Gasteiger partial charge in [0, 0.05) is 38.4 Å². The average molecular weight is 260 g/mol. The van der Waals surface area contributed by atoms with Crippen molar-refractivity contribution in [3.63, 3.8) is 0 Å². The number of carbonyl (C=O) groups excluding carboxylic acids is 1. The zero-order chi connectivity index (χ0) is 13.8. The molecule has 0 aromatic heterocycles. The fourth-order valence-electron chi connectivity index (χ4n) is 2.74. The Hall–Kier alpha value is -1.51. The van der Waals surface area contributed by atoms with Crippen molar-refractivity contribution in [2.45, 2.75) is 38.1 Å². The summed E-state index contributed by atoms with van der Waals surface area (Å²) in [5.41, 5.74) is 1.91. The van der Waals surface area contributed by atoms with Gasteiger partial charge in [-0.25, -0.2) is 0 Å². The highest BCUT2D eigenvalue weighted by atomic mass is 16.2. The number of nitrogens with zero attached hydrogens (tertiary/aromatic N) is 2. The molecule has 1 amide bonds. The molecule has 1 aliphatic carbocycles. The second-order valence-electron chi connectivity index (χ2n) is 5.65. The summed E-state index contributed by atoms with van der Waals surface area (Å²) < 4.78 is 0. The van der Waals surface area contributed by atoms with Gasteiger partial charge in [-0.2, -0.15) is 0 Å². The lowest BCUT2D eigenvalue weighted by molar-refractivity contribution is 0.0696. The predicted molar refractivity (Wildman–Crippen MR) is 79.7 cm³/mol. The van der Waals surface area contributed by atoms with Gasteiger partial charge >= 0.3 is 0 Å². The fraction of sp³-hybridized carbons (Fsp3) is 0.562. The Morgan fingerprint density at radius 2 is 1.58 bits per heavy atom. The van der Waals surface area contributed by atoms with Gasteiger partial charge in [0.15, 0.2) is 0 Å². The lowest BCUT2D eigenvalue weighted by Crippen LogP contribution is -2.38. The van der Waals surface area contributed by atoms with E-state index in [0.717, 1.165) is 24.1 Å². The molecule has 19 heavy (non-hydrogen) atoms. The molecule has 0 heterocycles. The summed E-state index contributed by atoms with van der Waals surface area (Å²) in [5, 5.41) is 0. The van der Waals surface area contributed by atoms with Crippen LogP contribution in [0.25, 0.3) is 0 Å². The van der Waals surface area contributed by atoms with Crippen molar-refractivity contribution in [1.82, 2.24) is 4.90 Å². The van der Waals surface area contributed by atoms with E-state index >= 15 is 0 Å². The molecule has 2 rings (SSSR count). The Kier molecular flexibility index (Phi) is 4.46. The highest BCUT2D eigenvalue weighted by molar-refractivity contribution is 5.94. The zero-order valence-corrected chi connectivity index (χ0v) is 12.2.